The van der Waals surface area contributed by atoms with Crippen LogP contribution in [0.4, 0.5) is 4.39 Å². The van der Waals surface area contributed by atoms with E-state index in [2.05, 4.69) is 9.71 Å². The number of sulfonamides is 1. The Balaban J connectivity index is 2.30. The maximum atomic E-state index is 13.3. The summed E-state index contributed by atoms with van der Waals surface area (Å²) in [5.74, 6) is -0.440. The molecule has 0 aliphatic rings. The Morgan fingerprint density at radius 3 is 2.33 bits per heavy atom. The second kappa shape index (κ2) is 5.91. The van der Waals surface area contributed by atoms with Crippen molar-refractivity contribution in [3.05, 3.63) is 58.7 Å². The van der Waals surface area contributed by atoms with Crippen LogP contribution in [-0.4, -0.2) is 13.4 Å². The maximum Gasteiger partial charge on any atom is 0.241 e. The standard InChI is InChI=1S/C15H17FN2O2S/c1-10-5-4-6-17-14(10)9-18-21(19,20)15-11(2)7-13(16)8-12(15)3/h4-8,18H,9H2,1-3H3. The molecule has 0 saturated carbocycles. The van der Waals surface area contributed by atoms with Gasteiger partial charge in [0.1, 0.15) is 5.82 Å². The number of benzene rings is 1. The number of aryl methyl sites for hydroxylation is 3. The van der Waals surface area contributed by atoms with Gasteiger partial charge in [-0.2, -0.15) is 0 Å². The molecule has 2 aromatic rings. The van der Waals surface area contributed by atoms with Crippen LogP contribution >= 0.6 is 0 Å². The first-order valence-corrected chi connectivity index (χ1v) is 7.96. The fourth-order valence-corrected chi connectivity index (χ4v) is 3.70. The van der Waals surface area contributed by atoms with Crippen molar-refractivity contribution in [3.63, 3.8) is 0 Å². The molecule has 0 atom stereocenters. The summed E-state index contributed by atoms with van der Waals surface area (Å²) >= 11 is 0. The first kappa shape index (κ1) is 15.6. The molecule has 0 radical (unpaired) electrons. The van der Waals surface area contributed by atoms with Crippen LogP contribution in [0.15, 0.2) is 35.4 Å². The van der Waals surface area contributed by atoms with E-state index in [1.807, 2.05) is 13.0 Å². The fraction of sp³-hybridized carbons (Fsp3) is 0.267. The van der Waals surface area contributed by atoms with E-state index in [1.54, 1.807) is 26.1 Å². The zero-order valence-corrected chi connectivity index (χ0v) is 13.0. The molecule has 0 fully saturated rings. The Kier molecular flexibility index (Phi) is 4.39. The third-order valence-electron chi connectivity index (χ3n) is 3.24. The zero-order valence-electron chi connectivity index (χ0n) is 12.1. The lowest BCUT2D eigenvalue weighted by Crippen LogP contribution is -2.25. The molecular formula is C15H17FN2O2S. The lowest BCUT2D eigenvalue weighted by molar-refractivity contribution is 0.577. The first-order valence-electron chi connectivity index (χ1n) is 6.48. The number of pyridine rings is 1. The molecule has 0 spiro atoms. The molecular weight excluding hydrogens is 291 g/mol. The maximum absolute atomic E-state index is 13.3. The van der Waals surface area contributed by atoms with Crippen molar-refractivity contribution in [3.8, 4) is 0 Å². The summed E-state index contributed by atoms with van der Waals surface area (Å²) in [6, 6.07) is 6.09. The van der Waals surface area contributed by atoms with Crippen LogP contribution in [0.5, 0.6) is 0 Å². The molecule has 1 N–H and O–H groups in total. The second-order valence-electron chi connectivity index (χ2n) is 4.96. The Morgan fingerprint density at radius 2 is 1.76 bits per heavy atom. The number of aromatic nitrogens is 1. The second-order valence-corrected chi connectivity index (χ2v) is 6.66. The van der Waals surface area contributed by atoms with Crippen LogP contribution in [0.3, 0.4) is 0 Å². The summed E-state index contributed by atoms with van der Waals surface area (Å²) in [7, 11) is -3.71. The van der Waals surface area contributed by atoms with Gasteiger partial charge in [0.15, 0.2) is 0 Å². The number of hydrogen-bond acceptors (Lipinski definition) is 3. The van der Waals surface area contributed by atoms with Crippen molar-refractivity contribution in [2.75, 3.05) is 0 Å². The molecule has 21 heavy (non-hydrogen) atoms. The molecule has 1 aromatic carbocycles. The molecule has 6 heteroatoms. The molecule has 0 saturated heterocycles. The van der Waals surface area contributed by atoms with Crippen LogP contribution in [0, 0.1) is 26.6 Å². The molecule has 112 valence electrons. The Labute approximate surface area is 124 Å². The summed E-state index contributed by atoms with van der Waals surface area (Å²) < 4.78 is 40.6. The molecule has 2 rings (SSSR count). The molecule has 0 amide bonds. The van der Waals surface area contributed by atoms with Gasteiger partial charge in [0, 0.05) is 6.20 Å². The molecule has 4 nitrogen and oxygen atoms in total. The average Bonchev–Trinajstić information content (AvgIpc) is 2.36. The minimum atomic E-state index is -3.71. The van der Waals surface area contributed by atoms with Crippen molar-refractivity contribution in [1.82, 2.24) is 9.71 Å². The number of hydrogen-bond donors (Lipinski definition) is 1. The Bertz CT molecular complexity index is 750. The van der Waals surface area contributed by atoms with Crippen molar-refractivity contribution in [2.24, 2.45) is 0 Å². The third kappa shape index (κ3) is 3.46. The predicted molar refractivity (Wildman–Crippen MR) is 78.9 cm³/mol. The molecule has 0 aliphatic heterocycles. The van der Waals surface area contributed by atoms with Crippen molar-refractivity contribution in [2.45, 2.75) is 32.2 Å². The number of nitrogens with one attached hydrogen (secondary N) is 1. The molecule has 0 unspecified atom stereocenters. The monoisotopic (exact) mass is 308 g/mol. The van der Waals surface area contributed by atoms with E-state index in [1.165, 1.54) is 12.1 Å². The average molecular weight is 308 g/mol. The van der Waals surface area contributed by atoms with Crippen molar-refractivity contribution < 1.29 is 12.8 Å². The van der Waals surface area contributed by atoms with Gasteiger partial charge in [-0.25, -0.2) is 17.5 Å². The summed E-state index contributed by atoms with van der Waals surface area (Å²) in [6.45, 7) is 5.13. The van der Waals surface area contributed by atoms with Gasteiger partial charge in [0.2, 0.25) is 10.0 Å². The normalized spacial score (nSPS) is 11.6. The molecule has 0 aliphatic carbocycles. The summed E-state index contributed by atoms with van der Waals surface area (Å²) in [5.41, 5.74) is 2.35. The summed E-state index contributed by atoms with van der Waals surface area (Å²) in [5, 5.41) is 0. The lowest BCUT2D eigenvalue weighted by atomic mass is 10.1. The third-order valence-corrected chi connectivity index (χ3v) is 4.95. The SMILES string of the molecule is Cc1cccnc1CNS(=O)(=O)c1c(C)cc(F)cc1C. The predicted octanol–water partition coefficient (Wildman–Crippen LogP) is 2.62. The highest BCUT2D eigenvalue weighted by Gasteiger charge is 2.20. The largest absolute Gasteiger partial charge is 0.260 e. The Morgan fingerprint density at radius 1 is 1.14 bits per heavy atom. The van der Waals surface area contributed by atoms with Crippen molar-refractivity contribution in [1.29, 1.82) is 0 Å². The number of nitrogens with zero attached hydrogens (tertiary/aromatic N) is 1. The van der Waals surface area contributed by atoms with Crippen molar-refractivity contribution >= 4 is 10.0 Å². The van der Waals surface area contributed by atoms with E-state index >= 15 is 0 Å². The zero-order chi connectivity index (χ0) is 15.6. The van der Waals surface area contributed by atoms with Gasteiger partial charge in [-0.3, -0.25) is 4.98 Å². The minimum Gasteiger partial charge on any atom is -0.260 e. The van der Waals surface area contributed by atoms with E-state index in [-0.39, 0.29) is 11.4 Å². The van der Waals surface area contributed by atoms with E-state index in [9.17, 15) is 12.8 Å². The van der Waals surface area contributed by atoms with Gasteiger partial charge in [-0.05, 0) is 55.7 Å². The van der Waals surface area contributed by atoms with E-state index in [4.69, 9.17) is 0 Å². The van der Waals surface area contributed by atoms with Crippen LogP contribution < -0.4 is 4.72 Å². The smallest absolute Gasteiger partial charge is 0.241 e. The number of rotatable bonds is 4. The highest BCUT2D eigenvalue weighted by Crippen LogP contribution is 2.21. The molecule has 1 heterocycles. The van der Waals surface area contributed by atoms with Gasteiger partial charge < -0.3 is 0 Å². The van der Waals surface area contributed by atoms with E-state index in [0.29, 0.717) is 16.8 Å². The topological polar surface area (TPSA) is 59.1 Å². The minimum absolute atomic E-state index is 0.102. The van der Waals surface area contributed by atoms with Crippen LogP contribution in [-0.2, 0) is 16.6 Å². The molecule has 0 bridgehead atoms. The van der Waals surface area contributed by atoms with Gasteiger partial charge in [-0.15, -0.1) is 0 Å². The van der Waals surface area contributed by atoms with Gasteiger partial charge in [0.05, 0.1) is 17.1 Å². The van der Waals surface area contributed by atoms with Crippen LogP contribution in [0.2, 0.25) is 0 Å². The van der Waals surface area contributed by atoms with E-state index in [0.717, 1.165) is 5.56 Å². The highest BCUT2D eigenvalue weighted by molar-refractivity contribution is 7.89. The quantitative estimate of drug-likeness (QED) is 0.944. The summed E-state index contributed by atoms with van der Waals surface area (Å²) in [4.78, 5) is 4.27. The molecule has 1 aromatic heterocycles. The van der Waals surface area contributed by atoms with Crippen LogP contribution in [0.1, 0.15) is 22.4 Å². The van der Waals surface area contributed by atoms with Crippen LogP contribution in [0.25, 0.3) is 0 Å². The lowest BCUT2D eigenvalue weighted by Gasteiger charge is -2.12. The Hall–Kier alpha value is -1.79. The summed E-state index contributed by atoms with van der Waals surface area (Å²) in [6.07, 6.45) is 1.62. The van der Waals surface area contributed by atoms with Gasteiger partial charge in [0.25, 0.3) is 0 Å². The number of halogens is 1. The van der Waals surface area contributed by atoms with E-state index < -0.39 is 15.8 Å². The van der Waals surface area contributed by atoms with Gasteiger partial charge >= 0.3 is 0 Å². The van der Waals surface area contributed by atoms with Gasteiger partial charge in [-0.1, -0.05) is 6.07 Å². The fourth-order valence-electron chi connectivity index (χ4n) is 2.26. The highest BCUT2D eigenvalue weighted by atomic mass is 32.2. The first-order chi connectivity index (χ1) is 9.81.